The Bertz CT molecular complexity index is 517. The number of methoxy groups -OCH3 is 1. The number of carbonyl (C=O) groups is 2. The van der Waals surface area contributed by atoms with Crippen molar-refractivity contribution in [3.05, 3.63) is 0 Å². The van der Waals surface area contributed by atoms with E-state index in [0.717, 1.165) is 19.3 Å². The number of halogens is 3. The van der Waals surface area contributed by atoms with Crippen LogP contribution in [0, 0.1) is 0 Å². The van der Waals surface area contributed by atoms with Gasteiger partial charge in [-0.2, -0.15) is 17.9 Å². The van der Waals surface area contributed by atoms with E-state index in [2.05, 4.69) is 9.46 Å². The lowest BCUT2D eigenvalue weighted by molar-refractivity contribution is -0.192. The van der Waals surface area contributed by atoms with Crippen LogP contribution in [0.1, 0.15) is 32.1 Å². The van der Waals surface area contributed by atoms with Crippen LogP contribution in [0.4, 0.5) is 13.2 Å². The molecule has 1 atom stereocenters. The van der Waals surface area contributed by atoms with E-state index in [-0.39, 0.29) is 6.54 Å². The number of hydrogen-bond donors (Lipinski definition) is 3. The maximum atomic E-state index is 12.0. The number of hydrogen-bond acceptors (Lipinski definition) is 6. The van der Waals surface area contributed by atoms with Crippen LogP contribution in [-0.2, 0) is 24.3 Å². The van der Waals surface area contributed by atoms with Crippen LogP contribution >= 0.6 is 0 Å². The number of carboxylic acid groups (broad SMARTS) is 1. The predicted octanol–water partition coefficient (Wildman–Crippen LogP) is 0.372. The summed E-state index contributed by atoms with van der Waals surface area (Å²) in [5.74, 6) is -3.40. The van der Waals surface area contributed by atoms with Crippen molar-refractivity contribution in [2.75, 3.05) is 13.7 Å². The molecule has 12 heteroatoms. The maximum Gasteiger partial charge on any atom is 0.490 e. The normalized spacial score (nSPS) is 17.4. The molecule has 0 spiro atoms. The molecule has 0 heterocycles. The van der Waals surface area contributed by atoms with Crippen molar-refractivity contribution >= 4 is 22.0 Å². The first-order valence-electron chi connectivity index (χ1n) is 7.04. The minimum Gasteiger partial charge on any atom is -0.475 e. The van der Waals surface area contributed by atoms with Crippen LogP contribution in [0.3, 0.4) is 0 Å². The Balaban J connectivity index is 0.000000640. The minimum absolute atomic E-state index is 0.0986. The Morgan fingerprint density at radius 1 is 1.29 bits per heavy atom. The highest BCUT2D eigenvalue weighted by Gasteiger charge is 2.38. The van der Waals surface area contributed by atoms with E-state index in [1.54, 1.807) is 0 Å². The second kappa shape index (κ2) is 9.79. The minimum atomic E-state index is -5.08. The van der Waals surface area contributed by atoms with E-state index in [1.807, 2.05) is 0 Å². The zero-order chi connectivity index (χ0) is 19.0. The van der Waals surface area contributed by atoms with Gasteiger partial charge in [-0.15, -0.1) is 0 Å². The Kier molecular flexibility index (Phi) is 9.22. The molecule has 1 unspecified atom stereocenters. The maximum absolute atomic E-state index is 12.0. The fraction of sp³-hybridized carbons (Fsp3) is 0.833. The molecule has 0 bridgehead atoms. The van der Waals surface area contributed by atoms with Crippen LogP contribution < -0.4 is 10.5 Å². The lowest BCUT2D eigenvalue weighted by Crippen LogP contribution is -2.49. The topological polar surface area (TPSA) is 136 Å². The largest absolute Gasteiger partial charge is 0.490 e. The Labute approximate surface area is 137 Å². The van der Waals surface area contributed by atoms with Gasteiger partial charge >= 0.3 is 18.1 Å². The SMILES string of the molecule is COC(=O)C(CN)NS(=O)(=O)C1CCCCC1.O=C(O)C(F)(F)F. The van der Waals surface area contributed by atoms with Crippen molar-refractivity contribution in [3.63, 3.8) is 0 Å². The van der Waals surface area contributed by atoms with Crippen molar-refractivity contribution in [3.8, 4) is 0 Å². The molecule has 1 aliphatic rings. The van der Waals surface area contributed by atoms with Gasteiger partial charge in [-0.25, -0.2) is 13.2 Å². The van der Waals surface area contributed by atoms with Gasteiger partial charge in [0.05, 0.1) is 12.4 Å². The summed E-state index contributed by atoms with van der Waals surface area (Å²) in [4.78, 5) is 20.2. The third kappa shape index (κ3) is 7.93. The van der Waals surface area contributed by atoms with Crippen molar-refractivity contribution in [1.82, 2.24) is 4.72 Å². The molecule has 0 radical (unpaired) electrons. The summed E-state index contributed by atoms with van der Waals surface area (Å²) in [6, 6.07) is -0.980. The number of esters is 1. The van der Waals surface area contributed by atoms with Crippen LogP contribution in [0.2, 0.25) is 0 Å². The second-order valence-electron chi connectivity index (χ2n) is 5.04. The van der Waals surface area contributed by atoms with E-state index in [1.165, 1.54) is 7.11 Å². The number of ether oxygens (including phenoxy) is 1. The fourth-order valence-electron chi connectivity index (χ4n) is 2.00. The zero-order valence-corrected chi connectivity index (χ0v) is 13.8. The van der Waals surface area contributed by atoms with Gasteiger partial charge in [0.1, 0.15) is 6.04 Å². The molecule has 0 saturated heterocycles. The monoisotopic (exact) mass is 378 g/mol. The first-order valence-corrected chi connectivity index (χ1v) is 8.59. The lowest BCUT2D eigenvalue weighted by Gasteiger charge is -2.24. The van der Waals surface area contributed by atoms with Crippen LogP contribution in [0.5, 0.6) is 0 Å². The number of carboxylic acids is 1. The van der Waals surface area contributed by atoms with Gasteiger partial charge in [-0.1, -0.05) is 19.3 Å². The number of alkyl halides is 3. The standard InChI is InChI=1S/C10H20N2O4S.C2HF3O2/c1-16-10(13)9(7-11)12-17(14,15)8-5-3-2-4-6-8;3-2(4,5)1(6)7/h8-9,12H,2-7,11H2,1H3;(H,6,7). The lowest BCUT2D eigenvalue weighted by atomic mass is 10.0. The molecule has 0 aromatic rings. The number of aliphatic carboxylic acids is 1. The van der Waals surface area contributed by atoms with E-state index in [0.29, 0.717) is 12.8 Å². The Morgan fingerprint density at radius 3 is 2.08 bits per heavy atom. The molecule has 0 aliphatic heterocycles. The first kappa shape index (κ1) is 22.6. The van der Waals surface area contributed by atoms with E-state index >= 15 is 0 Å². The third-order valence-electron chi connectivity index (χ3n) is 3.26. The molecule has 0 amide bonds. The molecule has 0 aromatic heterocycles. The van der Waals surface area contributed by atoms with Gasteiger partial charge in [-0.3, -0.25) is 4.79 Å². The van der Waals surface area contributed by atoms with Crippen LogP contribution in [0.15, 0.2) is 0 Å². The molecule has 4 N–H and O–H groups in total. The number of carbonyl (C=O) groups excluding carboxylic acids is 1. The van der Waals surface area contributed by atoms with Crippen molar-refractivity contribution < 1.29 is 41.0 Å². The van der Waals surface area contributed by atoms with Gasteiger partial charge in [0.2, 0.25) is 10.0 Å². The quantitative estimate of drug-likeness (QED) is 0.588. The third-order valence-corrected chi connectivity index (χ3v) is 5.22. The molecule has 1 aliphatic carbocycles. The Morgan fingerprint density at radius 2 is 1.75 bits per heavy atom. The number of nitrogens with two attached hydrogens (primary N) is 1. The van der Waals surface area contributed by atoms with Crippen molar-refractivity contribution in [1.29, 1.82) is 0 Å². The summed E-state index contributed by atoms with van der Waals surface area (Å²) in [7, 11) is -2.27. The van der Waals surface area contributed by atoms with Crippen LogP contribution in [0.25, 0.3) is 0 Å². The molecule has 1 fully saturated rings. The number of rotatable bonds is 5. The first-order chi connectivity index (χ1) is 11.0. The average Bonchev–Trinajstić information content (AvgIpc) is 2.52. The van der Waals surface area contributed by atoms with E-state index < -0.39 is 39.4 Å². The smallest absolute Gasteiger partial charge is 0.475 e. The molecule has 24 heavy (non-hydrogen) atoms. The summed E-state index contributed by atoms with van der Waals surface area (Å²) in [6.07, 6.45) is -0.890. The molecule has 1 saturated carbocycles. The average molecular weight is 378 g/mol. The predicted molar refractivity (Wildman–Crippen MR) is 77.5 cm³/mol. The van der Waals surface area contributed by atoms with Gasteiger partial charge in [0, 0.05) is 6.54 Å². The van der Waals surface area contributed by atoms with Crippen LogP contribution in [-0.4, -0.2) is 56.6 Å². The van der Waals surface area contributed by atoms with Gasteiger partial charge in [0.15, 0.2) is 0 Å². The summed E-state index contributed by atoms with van der Waals surface area (Å²) < 4.78 is 62.6. The van der Waals surface area contributed by atoms with Crippen molar-refractivity contribution in [2.45, 2.75) is 49.6 Å². The van der Waals surface area contributed by atoms with E-state index in [9.17, 15) is 26.4 Å². The molecular weight excluding hydrogens is 357 g/mol. The molecular formula is C12H21F3N2O6S. The molecule has 8 nitrogen and oxygen atoms in total. The Hall–Kier alpha value is -1.40. The van der Waals surface area contributed by atoms with Gasteiger partial charge in [0.25, 0.3) is 0 Å². The fourth-order valence-corrected chi connectivity index (χ4v) is 3.74. The van der Waals surface area contributed by atoms with Crippen molar-refractivity contribution in [2.24, 2.45) is 5.73 Å². The number of sulfonamides is 1. The van der Waals surface area contributed by atoms with Gasteiger partial charge in [-0.05, 0) is 12.8 Å². The number of nitrogens with one attached hydrogen (secondary N) is 1. The van der Waals surface area contributed by atoms with Gasteiger partial charge < -0.3 is 15.6 Å². The summed E-state index contributed by atoms with van der Waals surface area (Å²) in [6.45, 7) is -0.0986. The summed E-state index contributed by atoms with van der Waals surface area (Å²) >= 11 is 0. The summed E-state index contributed by atoms with van der Waals surface area (Å²) in [5, 5.41) is 6.72. The zero-order valence-electron chi connectivity index (χ0n) is 13.0. The summed E-state index contributed by atoms with van der Waals surface area (Å²) in [5.41, 5.74) is 5.36. The second-order valence-corrected chi connectivity index (χ2v) is 7.03. The highest BCUT2D eigenvalue weighted by molar-refractivity contribution is 7.90. The van der Waals surface area contributed by atoms with E-state index in [4.69, 9.17) is 15.6 Å². The molecule has 142 valence electrons. The molecule has 1 rings (SSSR count). The highest BCUT2D eigenvalue weighted by Crippen LogP contribution is 2.23. The highest BCUT2D eigenvalue weighted by atomic mass is 32.2. The molecule has 0 aromatic carbocycles.